The van der Waals surface area contributed by atoms with Crippen LogP contribution in [0.5, 0.6) is 5.75 Å². The van der Waals surface area contributed by atoms with Crippen LogP contribution in [-0.4, -0.2) is 13.0 Å². The Morgan fingerprint density at radius 3 is 2.44 bits per heavy atom. The van der Waals surface area contributed by atoms with E-state index in [0.29, 0.717) is 5.39 Å². The van der Waals surface area contributed by atoms with Crippen LogP contribution < -0.4 is 34.7 Å². The third-order valence-electron chi connectivity index (χ3n) is 3.32. The maximum Gasteiger partial charge on any atom is 1.00 e. The van der Waals surface area contributed by atoms with Gasteiger partial charge in [-0.25, -0.2) is 0 Å². The first-order chi connectivity index (χ1) is 11.4. The zero-order valence-corrected chi connectivity index (χ0v) is 16.6. The minimum absolute atomic E-state index is 0. The molecule has 1 N–H and O–H groups in total. The van der Waals surface area contributed by atoms with Crippen molar-refractivity contribution in [3.8, 4) is 5.75 Å². The van der Waals surface area contributed by atoms with Gasteiger partial charge in [-0.05, 0) is 23.6 Å². The first kappa shape index (κ1) is 19.8. The van der Waals surface area contributed by atoms with E-state index in [1.807, 2.05) is 12.1 Å². The van der Waals surface area contributed by atoms with E-state index in [1.165, 1.54) is 18.2 Å². The SMILES string of the molecule is O=S(=O)(O)c1ccc(Cl)cc1N=Nc1c([O-])ccc2ccccc12.[Na+]. The molecule has 0 saturated carbocycles. The van der Waals surface area contributed by atoms with Gasteiger partial charge in [0.2, 0.25) is 0 Å². The molecule has 0 fully saturated rings. The van der Waals surface area contributed by atoms with Crippen molar-refractivity contribution in [2.45, 2.75) is 4.90 Å². The van der Waals surface area contributed by atoms with Crippen LogP contribution >= 0.6 is 11.6 Å². The van der Waals surface area contributed by atoms with Gasteiger partial charge < -0.3 is 5.11 Å². The number of hydrogen-bond acceptors (Lipinski definition) is 5. The van der Waals surface area contributed by atoms with Gasteiger partial charge in [0.1, 0.15) is 10.6 Å². The Morgan fingerprint density at radius 2 is 1.72 bits per heavy atom. The standard InChI is InChI=1S/C16H11ClN2O4S.Na/c17-11-6-8-15(24(21,22)23)13(9-11)18-19-16-12-4-2-1-3-10(12)5-7-14(16)20;/h1-9,20H,(H,21,22,23);/q;+1/p-1. The second kappa shape index (κ2) is 7.82. The zero-order chi connectivity index (χ0) is 17.3. The summed E-state index contributed by atoms with van der Waals surface area (Å²) in [6.07, 6.45) is 0. The van der Waals surface area contributed by atoms with Gasteiger partial charge in [0.05, 0.1) is 5.69 Å². The van der Waals surface area contributed by atoms with Crippen molar-refractivity contribution < 1.29 is 47.6 Å². The third-order valence-corrected chi connectivity index (χ3v) is 4.46. The monoisotopic (exact) mass is 384 g/mol. The fourth-order valence-corrected chi connectivity index (χ4v) is 3.00. The van der Waals surface area contributed by atoms with Crippen LogP contribution in [0, 0.1) is 0 Å². The molecule has 3 aromatic carbocycles. The van der Waals surface area contributed by atoms with Crippen LogP contribution in [0.15, 0.2) is 69.7 Å². The Balaban J connectivity index is 0.00000225. The summed E-state index contributed by atoms with van der Waals surface area (Å²) in [6, 6.07) is 13.8. The minimum atomic E-state index is -4.50. The molecule has 0 unspecified atom stereocenters. The van der Waals surface area contributed by atoms with E-state index in [1.54, 1.807) is 18.2 Å². The molecule has 122 valence electrons. The van der Waals surface area contributed by atoms with E-state index in [4.69, 9.17) is 11.6 Å². The van der Waals surface area contributed by atoms with Gasteiger partial charge in [-0.3, -0.25) is 4.55 Å². The van der Waals surface area contributed by atoms with Gasteiger partial charge in [0, 0.05) is 10.4 Å². The van der Waals surface area contributed by atoms with Crippen molar-refractivity contribution >= 4 is 43.9 Å². The second-order valence-corrected chi connectivity index (χ2v) is 6.75. The molecule has 25 heavy (non-hydrogen) atoms. The number of nitrogens with zero attached hydrogens (tertiary/aromatic N) is 2. The molecule has 9 heteroatoms. The van der Waals surface area contributed by atoms with Crippen molar-refractivity contribution in [2.75, 3.05) is 0 Å². The topological polar surface area (TPSA) is 102 Å². The summed E-state index contributed by atoms with van der Waals surface area (Å²) in [6.45, 7) is 0. The first-order valence-electron chi connectivity index (χ1n) is 6.74. The third kappa shape index (κ3) is 4.38. The summed E-state index contributed by atoms with van der Waals surface area (Å²) in [7, 11) is -4.50. The Kier molecular flexibility index (Phi) is 6.21. The van der Waals surface area contributed by atoms with Crippen molar-refractivity contribution in [1.29, 1.82) is 0 Å². The average Bonchev–Trinajstić information content (AvgIpc) is 2.53. The number of halogens is 1. The van der Waals surface area contributed by atoms with Crippen LogP contribution in [0.25, 0.3) is 10.8 Å². The summed E-state index contributed by atoms with van der Waals surface area (Å²) < 4.78 is 32.1. The number of azo groups is 1. The summed E-state index contributed by atoms with van der Waals surface area (Å²) in [5.41, 5.74) is -0.0771. The average molecular weight is 385 g/mol. The second-order valence-electron chi connectivity index (χ2n) is 4.92. The molecule has 0 aliphatic rings. The largest absolute Gasteiger partial charge is 1.00 e. The van der Waals surface area contributed by atoms with E-state index in [-0.39, 0.29) is 51.7 Å². The fraction of sp³-hybridized carbons (Fsp3) is 0. The van der Waals surface area contributed by atoms with E-state index >= 15 is 0 Å². The van der Waals surface area contributed by atoms with Gasteiger partial charge in [-0.2, -0.15) is 13.5 Å². The molecule has 0 radical (unpaired) electrons. The summed E-state index contributed by atoms with van der Waals surface area (Å²) in [4.78, 5) is -0.441. The smallest absolute Gasteiger partial charge is 0.871 e. The molecule has 0 heterocycles. The van der Waals surface area contributed by atoms with Crippen LogP contribution in [0.4, 0.5) is 11.4 Å². The Hall–Kier alpha value is -1.48. The number of benzene rings is 3. The molecule has 0 aliphatic heterocycles. The number of rotatable bonds is 3. The Labute approximate surface area is 171 Å². The van der Waals surface area contributed by atoms with Crippen LogP contribution in [0.2, 0.25) is 5.02 Å². The molecule has 0 spiro atoms. The normalized spacial score (nSPS) is 11.6. The minimum Gasteiger partial charge on any atom is -0.871 e. The van der Waals surface area contributed by atoms with Crippen molar-refractivity contribution in [1.82, 2.24) is 0 Å². The van der Waals surface area contributed by atoms with E-state index in [0.717, 1.165) is 11.5 Å². The van der Waals surface area contributed by atoms with Gasteiger partial charge in [-0.15, -0.1) is 5.11 Å². The maximum absolute atomic E-state index is 12.1. The molecule has 0 aliphatic carbocycles. The molecular formula is C16H10ClN2NaO4S. The van der Waals surface area contributed by atoms with Gasteiger partial charge >= 0.3 is 29.6 Å². The fourth-order valence-electron chi connectivity index (χ4n) is 2.23. The molecule has 0 bridgehead atoms. The predicted octanol–water partition coefficient (Wildman–Crippen LogP) is 1.23. The molecule has 0 saturated heterocycles. The summed E-state index contributed by atoms with van der Waals surface area (Å²) in [5, 5.41) is 21.4. The number of fused-ring (bicyclic) bond motifs is 1. The van der Waals surface area contributed by atoms with Crippen molar-refractivity contribution in [3.05, 3.63) is 59.6 Å². The number of hydrogen-bond donors (Lipinski definition) is 1. The van der Waals surface area contributed by atoms with E-state index < -0.39 is 15.0 Å². The van der Waals surface area contributed by atoms with E-state index in [2.05, 4.69) is 10.2 Å². The van der Waals surface area contributed by atoms with Crippen LogP contribution in [-0.2, 0) is 10.1 Å². The molecule has 6 nitrogen and oxygen atoms in total. The molecular weight excluding hydrogens is 375 g/mol. The van der Waals surface area contributed by atoms with E-state index in [9.17, 15) is 18.1 Å². The Morgan fingerprint density at radius 1 is 1.00 bits per heavy atom. The van der Waals surface area contributed by atoms with Gasteiger partial charge in [0.15, 0.2) is 0 Å². The zero-order valence-electron chi connectivity index (χ0n) is 13.0. The van der Waals surface area contributed by atoms with Crippen molar-refractivity contribution in [3.63, 3.8) is 0 Å². The summed E-state index contributed by atoms with van der Waals surface area (Å²) in [5.74, 6) is -0.354. The summed E-state index contributed by atoms with van der Waals surface area (Å²) >= 11 is 5.84. The molecule has 0 aromatic heterocycles. The quantitative estimate of drug-likeness (QED) is 0.417. The molecule has 0 amide bonds. The van der Waals surface area contributed by atoms with Gasteiger partial charge in [-0.1, -0.05) is 53.7 Å². The van der Waals surface area contributed by atoms with Crippen LogP contribution in [0.3, 0.4) is 0 Å². The molecule has 0 atom stereocenters. The van der Waals surface area contributed by atoms with Crippen LogP contribution in [0.1, 0.15) is 0 Å². The predicted molar refractivity (Wildman–Crippen MR) is 88.8 cm³/mol. The van der Waals surface area contributed by atoms with Gasteiger partial charge in [0.25, 0.3) is 10.1 Å². The maximum atomic E-state index is 12.1. The van der Waals surface area contributed by atoms with Crippen molar-refractivity contribution in [2.24, 2.45) is 10.2 Å². The Bertz CT molecular complexity index is 1070. The first-order valence-corrected chi connectivity index (χ1v) is 8.55. The molecule has 3 aromatic rings. The molecule has 3 rings (SSSR count).